The highest BCUT2D eigenvalue weighted by Crippen LogP contribution is 2.23. The molecule has 166 valence electrons. The molecule has 0 aliphatic carbocycles. The van der Waals surface area contributed by atoms with Crippen molar-refractivity contribution >= 4 is 70.7 Å². The molecule has 0 spiro atoms. The van der Waals surface area contributed by atoms with E-state index in [-0.39, 0.29) is 22.7 Å². The number of terminal acetylenes is 1. The van der Waals surface area contributed by atoms with Gasteiger partial charge in [-0.25, -0.2) is 8.42 Å². The number of fused-ring (bicyclic) bond motifs is 1. The van der Waals surface area contributed by atoms with Gasteiger partial charge in [-0.2, -0.15) is 4.99 Å². The fourth-order valence-corrected chi connectivity index (χ4v) is 5.83. The summed E-state index contributed by atoms with van der Waals surface area (Å²) in [5, 5.41) is 0.429. The van der Waals surface area contributed by atoms with Gasteiger partial charge in [-0.3, -0.25) is 9.52 Å². The minimum Gasteiger partial charge on any atom is -0.305 e. The number of sulfonamides is 1. The smallest absolute Gasteiger partial charge is 0.279 e. The number of nitrogens with one attached hydrogen (secondary N) is 1. The normalized spacial score (nSPS) is 12.0. The van der Waals surface area contributed by atoms with Crippen molar-refractivity contribution in [3.05, 3.63) is 86.6 Å². The summed E-state index contributed by atoms with van der Waals surface area (Å²) in [6, 6.07) is 17.7. The number of aromatic nitrogens is 1. The lowest BCUT2D eigenvalue weighted by Crippen LogP contribution is -2.17. The third kappa shape index (κ3) is 5.20. The summed E-state index contributed by atoms with van der Waals surface area (Å²) >= 11 is 10.6. The molecule has 1 amide bonds. The molecule has 1 aromatic heterocycles. The fourth-order valence-electron chi connectivity index (χ4n) is 3.07. The van der Waals surface area contributed by atoms with E-state index >= 15 is 0 Å². The molecule has 0 fully saturated rings. The van der Waals surface area contributed by atoms with Crippen LogP contribution in [0.3, 0.4) is 0 Å². The number of carbonyl (C=O) groups is 1. The Morgan fingerprint density at radius 1 is 1.15 bits per heavy atom. The second-order valence-electron chi connectivity index (χ2n) is 6.84. The summed E-state index contributed by atoms with van der Waals surface area (Å²) in [7, 11) is -3.85. The van der Waals surface area contributed by atoms with Crippen molar-refractivity contribution in [1.82, 2.24) is 4.57 Å². The van der Waals surface area contributed by atoms with Crippen molar-refractivity contribution in [3.63, 3.8) is 0 Å². The molecule has 0 unspecified atom stereocenters. The van der Waals surface area contributed by atoms with Crippen LogP contribution in [0.5, 0.6) is 0 Å². The monoisotopic (exact) mass is 559 g/mol. The van der Waals surface area contributed by atoms with E-state index in [9.17, 15) is 13.2 Å². The van der Waals surface area contributed by atoms with Gasteiger partial charge in [0.15, 0.2) is 4.80 Å². The number of nitrogens with zero attached hydrogens (tertiary/aromatic N) is 2. The Kier molecular flexibility index (Phi) is 6.72. The first kappa shape index (κ1) is 23.3. The van der Waals surface area contributed by atoms with Crippen molar-refractivity contribution in [3.8, 4) is 12.3 Å². The number of hydrogen-bond donors (Lipinski definition) is 1. The summed E-state index contributed by atoms with van der Waals surface area (Å²) in [6.07, 6.45) is 5.51. The number of carbonyl (C=O) groups excluding carboxylic acids is 1. The number of anilines is 1. The molecule has 33 heavy (non-hydrogen) atoms. The molecule has 0 atom stereocenters. The van der Waals surface area contributed by atoms with Gasteiger partial charge >= 0.3 is 0 Å². The standard InChI is InChI=1S/C23H15BrClN3O3S2/c1-2-12-28-20-11-6-16(24)14-21(20)32-23(28)26-22(29)15-4-3-5-18(13-15)27-33(30,31)19-9-7-17(25)8-10-19/h1,3-11,13-14,27H,12H2. The minimum atomic E-state index is -3.85. The first-order chi connectivity index (χ1) is 15.8. The van der Waals surface area contributed by atoms with E-state index in [1.165, 1.54) is 41.7 Å². The topological polar surface area (TPSA) is 80.5 Å². The van der Waals surface area contributed by atoms with Crippen LogP contribution in [-0.4, -0.2) is 18.9 Å². The fraction of sp³-hybridized carbons (Fsp3) is 0.0435. The molecule has 1 N–H and O–H groups in total. The third-order valence-electron chi connectivity index (χ3n) is 4.58. The SMILES string of the molecule is C#CCn1c(=NC(=O)c2cccc(NS(=O)(=O)c3ccc(Cl)cc3)c2)sc2cc(Br)ccc21. The largest absolute Gasteiger partial charge is 0.305 e. The van der Waals surface area contributed by atoms with Crippen LogP contribution in [0.25, 0.3) is 10.2 Å². The first-order valence-electron chi connectivity index (χ1n) is 9.47. The summed E-state index contributed by atoms with van der Waals surface area (Å²) in [5.74, 6) is 2.07. The van der Waals surface area contributed by atoms with E-state index in [4.69, 9.17) is 18.0 Å². The van der Waals surface area contributed by atoms with Crippen LogP contribution >= 0.6 is 38.9 Å². The van der Waals surface area contributed by atoms with Crippen LogP contribution in [0, 0.1) is 12.3 Å². The van der Waals surface area contributed by atoms with E-state index in [1.54, 1.807) is 22.8 Å². The van der Waals surface area contributed by atoms with Gasteiger partial charge in [0.1, 0.15) is 0 Å². The maximum Gasteiger partial charge on any atom is 0.279 e. The van der Waals surface area contributed by atoms with Crippen molar-refractivity contribution < 1.29 is 13.2 Å². The van der Waals surface area contributed by atoms with E-state index in [2.05, 4.69) is 31.6 Å². The lowest BCUT2D eigenvalue weighted by atomic mass is 10.2. The minimum absolute atomic E-state index is 0.0556. The predicted molar refractivity (Wildman–Crippen MR) is 135 cm³/mol. The maximum atomic E-state index is 12.9. The van der Waals surface area contributed by atoms with Gasteiger partial charge in [-0.1, -0.05) is 50.9 Å². The molecule has 0 bridgehead atoms. The Morgan fingerprint density at radius 2 is 1.91 bits per heavy atom. The molecule has 0 aliphatic rings. The van der Waals surface area contributed by atoms with Crippen LogP contribution in [-0.2, 0) is 16.6 Å². The third-order valence-corrected chi connectivity index (χ3v) is 7.76. The Hall–Kier alpha value is -2.90. The number of halogens is 2. The quantitative estimate of drug-likeness (QED) is 0.337. The van der Waals surface area contributed by atoms with Gasteiger partial charge in [0, 0.05) is 20.7 Å². The summed E-state index contributed by atoms with van der Waals surface area (Å²) in [4.78, 5) is 17.7. The molecule has 3 aromatic carbocycles. The first-order valence-corrected chi connectivity index (χ1v) is 12.9. The summed E-state index contributed by atoms with van der Waals surface area (Å²) < 4.78 is 31.4. The Labute approximate surface area is 207 Å². The van der Waals surface area contributed by atoms with Gasteiger partial charge in [0.2, 0.25) is 0 Å². The molecule has 0 saturated heterocycles. The summed E-state index contributed by atoms with van der Waals surface area (Å²) in [5.41, 5.74) is 1.34. The number of hydrogen-bond acceptors (Lipinski definition) is 4. The van der Waals surface area contributed by atoms with Crippen LogP contribution in [0.2, 0.25) is 5.02 Å². The molecular formula is C23H15BrClN3O3S2. The van der Waals surface area contributed by atoms with Crippen LogP contribution < -0.4 is 9.52 Å². The van der Waals surface area contributed by atoms with Crippen molar-refractivity contribution in [2.75, 3.05) is 4.72 Å². The molecule has 10 heteroatoms. The van der Waals surface area contributed by atoms with Crippen LogP contribution in [0.4, 0.5) is 5.69 Å². The second kappa shape index (κ2) is 9.53. The number of thiazole rings is 1. The summed E-state index contributed by atoms with van der Waals surface area (Å²) in [6.45, 7) is 0.259. The van der Waals surface area contributed by atoms with Gasteiger partial charge in [0.25, 0.3) is 15.9 Å². The van der Waals surface area contributed by atoms with Crippen LogP contribution in [0.15, 0.2) is 81.1 Å². The van der Waals surface area contributed by atoms with Crippen LogP contribution in [0.1, 0.15) is 10.4 Å². The molecule has 0 radical (unpaired) electrons. The van der Waals surface area contributed by atoms with Crippen molar-refractivity contribution in [2.45, 2.75) is 11.4 Å². The molecule has 1 heterocycles. The molecular weight excluding hydrogens is 546 g/mol. The average molecular weight is 561 g/mol. The number of rotatable bonds is 5. The van der Waals surface area contributed by atoms with Gasteiger partial charge < -0.3 is 4.57 Å². The van der Waals surface area contributed by atoms with Crippen molar-refractivity contribution in [2.24, 2.45) is 4.99 Å². The lowest BCUT2D eigenvalue weighted by Gasteiger charge is -2.09. The van der Waals surface area contributed by atoms with E-state index in [0.717, 1.165) is 14.7 Å². The van der Waals surface area contributed by atoms with E-state index in [1.807, 2.05) is 18.2 Å². The lowest BCUT2D eigenvalue weighted by molar-refractivity contribution is 0.0998. The zero-order valence-electron chi connectivity index (χ0n) is 16.8. The van der Waals surface area contributed by atoms with E-state index in [0.29, 0.717) is 9.82 Å². The Morgan fingerprint density at radius 3 is 2.64 bits per heavy atom. The highest BCUT2D eigenvalue weighted by molar-refractivity contribution is 9.10. The number of amides is 1. The van der Waals surface area contributed by atoms with Gasteiger partial charge in [-0.05, 0) is 60.7 Å². The molecule has 0 saturated carbocycles. The Bertz CT molecular complexity index is 1580. The van der Waals surface area contributed by atoms with Gasteiger partial charge in [-0.15, -0.1) is 6.42 Å². The molecule has 4 rings (SSSR count). The highest BCUT2D eigenvalue weighted by Gasteiger charge is 2.15. The zero-order chi connectivity index (χ0) is 23.6. The second-order valence-corrected chi connectivity index (χ2v) is 10.9. The zero-order valence-corrected chi connectivity index (χ0v) is 20.8. The average Bonchev–Trinajstić information content (AvgIpc) is 3.10. The predicted octanol–water partition coefficient (Wildman–Crippen LogP) is 5.29. The maximum absolute atomic E-state index is 12.9. The molecule has 0 aliphatic heterocycles. The Balaban J connectivity index is 1.67. The van der Waals surface area contributed by atoms with Crippen molar-refractivity contribution in [1.29, 1.82) is 0 Å². The van der Waals surface area contributed by atoms with E-state index < -0.39 is 15.9 Å². The molecule has 4 aromatic rings. The highest BCUT2D eigenvalue weighted by atomic mass is 79.9. The van der Waals surface area contributed by atoms with Gasteiger partial charge in [0.05, 0.1) is 21.7 Å². The number of benzene rings is 3. The molecule has 6 nitrogen and oxygen atoms in total.